The van der Waals surface area contributed by atoms with Crippen molar-refractivity contribution in [1.29, 1.82) is 0 Å². The van der Waals surface area contributed by atoms with E-state index in [1.807, 2.05) is 41.2 Å². The van der Waals surface area contributed by atoms with Gasteiger partial charge in [0.15, 0.2) is 0 Å². The lowest BCUT2D eigenvalue weighted by molar-refractivity contribution is 0.241. The monoisotopic (exact) mass is 398 g/mol. The van der Waals surface area contributed by atoms with Gasteiger partial charge in [-0.3, -0.25) is 4.68 Å². The van der Waals surface area contributed by atoms with Crippen molar-refractivity contribution in [3.63, 3.8) is 0 Å². The highest BCUT2D eigenvalue weighted by molar-refractivity contribution is 7.98. The molecule has 0 atom stereocenters. The molecule has 0 aliphatic carbocycles. The highest BCUT2D eigenvalue weighted by atomic mass is 32.2. The number of carbonyl (C=O) groups excluding carboxylic acids is 1. The summed E-state index contributed by atoms with van der Waals surface area (Å²) < 4.78 is 15.4. The van der Waals surface area contributed by atoms with Gasteiger partial charge in [-0.05, 0) is 28.8 Å². The highest BCUT2D eigenvalue weighted by Gasteiger charge is 2.03. The third-order valence-corrected chi connectivity index (χ3v) is 5.10. The number of rotatable bonds is 9. The van der Waals surface area contributed by atoms with E-state index >= 15 is 0 Å². The Morgan fingerprint density at radius 3 is 2.75 bits per heavy atom. The van der Waals surface area contributed by atoms with Gasteiger partial charge in [0.2, 0.25) is 0 Å². The Balaban J connectivity index is 1.33. The molecule has 146 valence electrons. The van der Waals surface area contributed by atoms with Gasteiger partial charge in [-0.2, -0.15) is 16.9 Å². The van der Waals surface area contributed by atoms with Crippen molar-refractivity contribution in [2.75, 3.05) is 12.3 Å². The third kappa shape index (κ3) is 6.42. The molecule has 0 saturated carbocycles. The molecule has 3 aromatic rings. The van der Waals surface area contributed by atoms with Crippen LogP contribution in [0, 0.1) is 5.82 Å². The van der Waals surface area contributed by atoms with Crippen LogP contribution in [0.4, 0.5) is 9.18 Å². The Labute approximate surface area is 168 Å². The van der Waals surface area contributed by atoms with E-state index in [-0.39, 0.29) is 11.8 Å². The fourth-order valence-electron chi connectivity index (χ4n) is 2.70. The lowest BCUT2D eigenvalue weighted by Gasteiger charge is -2.09. The van der Waals surface area contributed by atoms with Crippen LogP contribution < -0.4 is 10.6 Å². The number of amides is 2. The Hall–Kier alpha value is -2.80. The zero-order valence-electron chi connectivity index (χ0n) is 15.5. The molecule has 0 unspecified atom stereocenters. The predicted octanol–water partition coefficient (Wildman–Crippen LogP) is 3.80. The molecule has 0 aliphatic heterocycles. The van der Waals surface area contributed by atoms with Crippen molar-refractivity contribution in [2.24, 2.45) is 0 Å². The molecule has 3 rings (SSSR count). The van der Waals surface area contributed by atoms with Crippen LogP contribution >= 0.6 is 11.8 Å². The van der Waals surface area contributed by atoms with Crippen molar-refractivity contribution in [3.8, 4) is 0 Å². The number of halogens is 1. The SMILES string of the molecule is O=C(NCCSCc1ccccc1F)NCc1cccc(Cn2cccn2)c1. The summed E-state index contributed by atoms with van der Waals surface area (Å²) in [5, 5.41) is 9.89. The molecule has 0 spiro atoms. The number of hydrogen-bond acceptors (Lipinski definition) is 3. The first-order chi connectivity index (χ1) is 13.7. The first-order valence-electron chi connectivity index (χ1n) is 9.09. The number of nitrogens with zero attached hydrogens (tertiary/aromatic N) is 2. The van der Waals surface area contributed by atoms with E-state index in [9.17, 15) is 9.18 Å². The largest absolute Gasteiger partial charge is 0.337 e. The van der Waals surface area contributed by atoms with Gasteiger partial charge in [-0.15, -0.1) is 0 Å². The standard InChI is InChI=1S/C21H23FN4OS/c22-20-8-2-1-7-19(20)16-28-12-10-23-21(27)24-14-17-5-3-6-18(13-17)15-26-11-4-9-25-26/h1-9,11,13H,10,12,14-16H2,(H2,23,24,27). The van der Waals surface area contributed by atoms with E-state index in [1.54, 1.807) is 30.1 Å². The number of nitrogens with one attached hydrogen (secondary N) is 2. The molecule has 2 aromatic carbocycles. The number of benzene rings is 2. The molecular formula is C21H23FN4OS. The highest BCUT2D eigenvalue weighted by Crippen LogP contribution is 2.14. The van der Waals surface area contributed by atoms with Crippen molar-refractivity contribution in [2.45, 2.75) is 18.8 Å². The molecule has 0 aliphatic rings. The average molecular weight is 399 g/mol. The second kappa shape index (κ2) is 10.5. The van der Waals surface area contributed by atoms with Crippen LogP contribution in [0.15, 0.2) is 67.0 Å². The van der Waals surface area contributed by atoms with Gasteiger partial charge < -0.3 is 10.6 Å². The fraction of sp³-hybridized carbons (Fsp3) is 0.238. The van der Waals surface area contributed by atoms with Gasteiger partial charge in [0.25, 0.3) is 0 Å². The molecule has 1 heterocycles. The first-order valence-corrected chi connectivity index (χ1v) is 10.2. The summed E-state index contributed by atoms with van der Waals surface area (Å²) in [5.41, 5.74) is 2.86. The summed E-state index contributed by atoms with van der Waals surface area (Å²) in [6, 6.07) is 16.5. The zero-order valence-corrected chi connectivity index (χ0v) is 16.3. The van der Waals surface area contributed by atoms with Crippen LogP contribution in [0.3, 0.4) is 0 Å². The Morgan fingerprint density at radius 2 is 1.93 bits per heavy atom. The minimum Gasteiger partial charge on any atom is -0.337 e. The van der Waals surface area contributed by atoms with Crippen molar-refractivity contribution in [3.05, 3.63) is 89.5 Å². The summed E-state index contributed by atoms with van der Waals surface area (Å²) in [6.45, 7) is 1.69. The molecule has 2 amide bonds. The van der Waals surface area contributed by atoms with E-state index in [4.69, 9.17) is 0 Å². The smallest absolute Gasteiger partial charge is 0.315 e. The second-order valence-electron chi connectivity index (χ2n) is 6.28. The van der Waals surface area contributed by atoms with E-state index in [1.165, 1.54) is 6.07 Å². The van der Waals surface area contributed by atoms with Gasteiger partial charge in [0.1, 0.15) is 5.82 Å². The Kier molecular flexibility index (Phi) is 7.49. The van der Waals surface area contributed by atoms with Gasteiger partial charge >= 0.3 is 6.03 Å². The molecule has 0 bridgehead atoms. The maximum absolute atomic E-state index is 13.5. The number of aromatic nitrogens is 2. The minimum atomic E-state index is -0.205. The quantitative estimate of drug-likeness (QED) is 0.539. The van der Waals surface area contributed by atoms with Crippen LogP contribution in [-0.2, 0) is 18.8 Å². The molecule has 0 fully saturated rings. The van der Waals surface area contributed by atoms with Gasteiger partial charge in [-0.1, -0.05) is 42.5 Å². The Morgan fingerprint density at radius 1 is 1.07 bits per heavy atom. The van der Waals surface area contributed by atoms with E-state index < -0.39 is 0 Å². The molecular weight excluding hydrogens is 375 g/mol. The van der Waals surface area contributed by atoms with Crippen LogP contribution in [0.5, 0.6) is 0 Å². The fourth-order valence-corrected chi connectivity index (χ4v) is 3.54. The minimum absolute atomic E-state index is 0.185. The second-order valence-corrected chi connectivity index (χ2v) is 7.38. The summed E-state index contributed by atoms with van der Waals surface area (Å²) in [5.74, 6) is 1.13. The molecule has 0 saturated heterocycles. The van der Waals surface area contributed by atoms with Crippen LogP contribution in [0.25, 0.3) is 0 Å². The lowest BCUT2D eigenvalue weighted by Crippen LogP contribution is -2.36. The van der Waals surface area contributed by atoms with Crippen LogP contribution in [0.2, 0.25) is 0 Å². The van der Waals surface area contributed by atoms with E-state index in [0.29, 0.717) is 31.0 Å². The summed E-state index contributed by atoms with van der Waals surface area (Å²) in [6.07, 6.45) is 3.67. The average Bonchev–Trinajstić information content (AvgIpc) is 3.21. The molecule has 28 heavy (non-hydrogen) atoms. The molecule has 5 nitrogen and oxygen atoms in total. The van der Waals surface area contributed by atoms with Gasteiger partial charge in [0, 0.05) is 37.0 Å². The van der Waals surface area contributed by atoms with Crippen LogP contribution in [0.1, 0.15) is 16.7 Å². The normalized spacial score (nSPS) is 10.6. The van der Waals surface area contributed by atoms with Crippen LogP contribution in [-0.4, -0.2) is 28.1 Å². The molecule has 2 N–H and O–H groups in total. The maximum Gasteiger partial charge on any atom is 0.315 e. The number of thioether (sulfide) groups is 1. The van der Waals surface area contributed by atoms with Crippen molar-refractivity contribution >= 4 is 17.8 Å². The van der Waals surface area contributed by atoms with E-state index in [0.717, 1.165) is 16.9 Å². The predicted molar refractivity (Wildman–Crippen MR) is 111 cm³/mol. The van der Waals surface area contributed by atoms with Crippen molar-refractivity contribution < 1.29 is 9.18 Å². The summed E-state index contributed by atoms with van der Waals surface area (Å²) >= 11 is 1.59. The summed E-state index contributed by atoms with van der Waals surface area (Å²) in [4.78, 5) is 11.9. The molecule has 1 aromatic heterocycles. The number of carbonyl (C=O) groups is 1. The topological polar surface area (TPSA) is 59.0 Å². The maximum atomic E-state index is 13.5. The van der Waals surface area contributed by atoms with Crippen molar-refractivity contribution in [1.82, 2.24) is 20.4 Å². The van der Waals surface area contributed by atoms with E-state index in [2.05, 4.69) is 21.8 Å². The zero-order chi connectivity index (χ0) is 19.6. The van der Waals surface area contributed by atoms with Gasteiger partial charge in [-0.25, -0.2) is 9.18 Å². The lowest BCUT2D eigenvalue weighted by atomic mass is 10.1. The number of urea groups is 1. The summed E-state index contributed by atoms with van der Waals surface area (Å²) in [7, 11) is 0. The third-order valence-electron chi connectivity index (χ3n) is 4.10. The Bertz CT molecular complexity index is 886. The van der Waals surface area contributed by atoms with Gasteiger partial charge in [0.05, 0.1) is 6.54 Å². The number of hydrogen-bond donors (Lipinski definition) is 2. The first kappa shape index (κ1) is 19.9. The molecule has 7 heteroatoms. The molecule has 0 radical (unpaired) electrons.